The van der Waals surface area contributed by atoms with Gasteiger partial charge in [0.2, 0.25) is 0 Å². The molecule has 138 valence electrons. The van der Waals surface area contributed by atoms with Crippen molar-refractivity contribution in [2.45, 2.75) is 26.3 Å². The average molecular weight is 356 g/mol. The van der Waals surface area contributed by atoms with E-state index in [9.17, 15) is 4.39 Å². The number of rotatable bonds is 4. The first-order valence-corrected chi connectivity index (χ1v) is 9.06. The minimum Gasteiger partial charge on any atom is -0.354 e. The minimum absolute atomic E-state index is 0. The summed E-state index contributed by atoms with van der Waals surface area (Å²) < 4.78 is 14.5. The number of nitrogens with one attached hydrogen (secondary N) is 2. The first-order valence-electron chi connectivity index (χ1n) is 9.06. The van der Waals surface area contributed by atoms with Crippen LogP contribution in [0.25, 0.3) is 22.4 Å². The van der Waals surface area contributed by atoms with Crippen molar-refractivity contribution < 1.29 is 5.82 Å². The third-order valence-corrected chi connectivity index (χ3v) is 4.73. The second-order valence-electron chi connectivity index (χ2n) is 7.20. The van der Waals surface area contributed by atoms with E-state index in [1.54, 1.807) is 12.3 Å². The van der Waals surface area contributed by atoms with Crippen LogP contribution in [-0.2, 0) is 0 Å². The molecule has 0 saturated carbocycles. The predicted molar refractivity (Wildman–Crippen MR) is 103 cm³/mol. The molecule has 7 heteroatoms. The molecule has 1 atom stereocenters. The molecule has 4 heterocycles. The van der Waals surface area contributed by atoms with Crippen molar-refractivity contribution in [2.24, 2.45) is 5.92 Å². The number of nitrogens with zero attached hydrogens (tertiary/aromatic N) is 4. The van der Waals surface area contributed by atoms with Crippen molar-refractivity contribution >= 4 is 16.9 Å². The number of halogens is 1. The van der Waals surface area contributed by atoms with Gasteiger partial charge in [-0.2, -0.15) is 5.10 Å². The molecule has 0 aliphatic carbocycles. The van der Waals surface area contributed by atoms with E-state index in [2.05, 4.69) is 44.2 Å². The Morgan fingerprint density at radius 2 is 2.23 bits per heavy atom. The van der Waals surface area contributed by atoms with Crippen LogP contribution < -0.4 is 10.2 Å². The summed E-state index contributed by atoms with van der Waals surface area (Å²) in [7, 11) is 0. The number of hydrogen-bond donors (Lipinski definition) is 2. The fourth-order valence-corrected chi connectivity index (χ4v) is 3.57. The molecule has 4 rings (SSSR count). The number of hydrogen-bond acceptors (Lipinski definition) is 5. The SMILES string of the molecule is CC(C)C[C@H]1CN(c2ccc(F)c(-c3[nH]nc4ncccc34)n2)CCN1.[HH]. The lowest BCUT2D eigenvalue weighted by atomic mass is 10.0. The summed E-state index contributed by atoms with van der Waals surface area (Å²) in [4.78, 5) is 11.0. The van der Waals surface area contributed by atoms with Gasteiger partial charge < -0.3 is 10.2 Å². The molecule has 1 fully saturated rings. The van der Waals surface area contributed by atoms with Gasteiger partial charge in [-0.15, -0.1) is 0 Å². The van der Waals surface area contributed by atoms with Crippen LogP contribution in [0.15, 0.2) is 30.5 Å². The van der Waals surface area contributed by atoms with E-state index < -0.39 is 0 Å². The molecule has 2 N–H and O–H groups in total. The number of H-pyrrole nitrogens is 1. The number of anilines is 1. The Morgan fingerprint density at radius 3 is 3.08 bits per heavy atom. The summed E-state index contributed by atoms with van der Waals surface area (Å²) in [5.41, 5.74) is 1.42. The first-order chi connectivity index (χ1) is 12.6. The maximum absolute atomic E-state index is 14.5. The van der Waals surface area contributed by atoms with E-state index >= 15 is 0 Å². The van der Waals surface area contributed by atoms with Crippen LogP contribution in [0.2, 0.25) is 0 Å². The largest absolute Gasteiger partial charge is 0.354 e. The van der Waals surface area contributed by atoms with Gasteiger partial charge in [-0.25, -0.2) is 14.4 Å². The van der Waals surface area contributed by atoms with Crippen LogP contribution in [0.3, 0.4) is 0 Å². The van der Waals surface area contributed by atoms with E-state index in [1.165, 1.54) is 6.07 Å². The molecule has 0 amide bonds. The van der Waals surface area contributed by atoms with Crippen LogP contribution in [-0.4, -0.2) is 45.8 Å². The lowest BCUT2D eigenvalue weighted by Crippen LogP contribution is -2.51. The van der Waals surface area contributed by atoms with Gasteiger partial charge in [-0.3, -0.25) is 5.10 Å². The second kappa shape index (κ2) is 6.99. The van der Waals surface area contributed by atoms with Gasteiger partial charge in [0.1, 0.15) is 11.5 Å². The normalized spacial score (nSPS) is 18.0. The van der Waals surface area contributed by atoms with E-state index in [1.807, 2.05) is 12.1 Å². The quantitative estimate of drug-likeness (QED) is 0.751. The lowest BCUT2D eigenvalue weighted by molar-refractivity contribution is 0.387. The molecular formula is C19H25FN6. The van der Waals surface area contributed by atoms with Gasteiger partial charge in [0, 0.05) is 38.7 Å². The number of aromatic amines is 1. The van der Waals surface area contributed by atoms with Gasteiger partial charge in [-0.05, 0) is 36.6 Å². The molecule has 3 aromatic heterocycles. The predicted octanol–water partition coefficient (Wildman–Crippen LogP) is 3.23. The highest BCUT2D eigenvalue weighted by atomic mass is 19.1. The zero-order chi connectivity index (χ0) is 18.1. The topological polar surface area (TPSA) is 69.7 Å². The highest BCUT2D eigenvalue weighted by Crippen LogP contribution is 2.28. The van der Waals surface area contributed by atoms with Crippen molar-refractivity contribution in [1.82, 2.24) is 25.5 Å². The van der Waals surface area contributed by atoms with E-state index in [-0.39, 0.29) is 12.9 Å². The minimum atomic E-state index is -0.364. The van der Waals surface area contributed by atoms with Crippen LogP contribution in [0.5, 0.6) is 0 Å². The molecule has 1 aliphatic heterocycles. The number of aromatic nitrogens is 4. The summed E-state index contributed by atoms with van der Waals surface area (Å²) in [6, 6.07) is 7.36. The molecule has 0 spiro atoms. The van der Waals surface area contributed by atoms with Gasteiger partial charge in [0.15, 0.2) is 11.5 Å². The smallest absolute Gasteiger partial charge is 0.181 e. The molecule has 0 bridgehead atoms. The number of piperazine rings is 1. The zero-order valence-electron chi connectivity index (χ0n) is 15.0. The van der Waals surface area contributed by atoms with Crippen LogP contribution in [0.1, 0.15) is 21.7 Å². The molecule has 0 aromatic carbocycles. The first kappa shape index (κ1) is 16.9. The van der Waals surface area contributed by atoms with E-state index in [0.717, 1.165) is 37.3 Å². The highest BCUT2D eigenvalue weighted by Gasteiger charge is 2.23. The van der Waals surface area contributed by atoms with Gasteiger partial charge in [-0.1, -0.05) is 13.8 Å². The Hall–Kier alpha value is -2.54. The van der Waals surface area contributed by atoms with Crippen LogP contribution in [0.4, 0.5) is 10.2 Å². The lowest BCUT2D eigenvalue weighted by Gasteiger charge is -2.35. The van der Waals surface area contributed by atoms with Crippen molar-refractivity contribution in [3.63, 3.8) is 0 Å². The summed E-state index contributed by atoms with van der Waals surface area (Å²) in [5.74, 6) is 1.06. The van der Waals surface area contributed by atoms with Crippen LogP contribution in [0, 0.1) is 11.7 Å². The van der Waals surface area contributed by atoms with Crippen molar-refractivity contribution in [1.29, 1.82) is 0 Å². The third kappa shape index (κ3) is 3.26. The van der Waals surface area contributed by atoms with Crippen LogP contribution >= 0.6 is 0 Å². The van der Waals surface area contributed by atoms with Gasteiger partial charge >= 0.3 is 0 Å². The molecule has 1 aliphatic rings. The van der Waals surface area contributed by atoms with E-state index in [4.69, 9.17) is 0 Å². The molecule has 0 radical (unpaired) electrons. The molecule has 26 heavy (non-hydrogen) atoms. The molecule has 1 saturated heterocycles. The second-order valence-corrected chi connectivity index (χ2v) is 7.20. The van der Waals surface area contributed by atoms with Crippen molar-refractivity contribution in [3.05, 3.63) is 36.3 Å². The number of pyridine rings is 2. The van der Waals surface area contributed by atoms with Crippen molar-refractivity contribution in [2.75, 3.05) is 24.5 Å². The molecule has 0 unspecified atom stereocenters. The fraction of sp³-hybridized carbons (Fsp3) is 0.421. The van der Waals surface area contributed by atoms with Gasteiger partial charge in [0.05, 0.1) is 5.69 Å². The standard InChI is InChI=1S/C19H23FN6.H2/c1-12(2)10-13-11-26(9-8-21-13)16-6-5-15(20)18(23-16)17-14-4-3-7-22-19(14)25-24-17;/h3-7,12-13,21H,8-11H2,1-2H3,(H,22,24,25);1H/t13-;/m0./s1. The monoisotopic (exact) mass is 356 g/mol. The number of fused-ring (bicyclic) bond motifs is 1. The fourth-order valence-electron chi connectivity index (χ4n) is 3.57. The molecule has 6 nitrogen and oxygen atoms in total. The Bertz CT molecular complexity index is 912. The highest BCUT2D eigenvalue weighted by molar-refractivity contribution is 5.89. The van der Waals surface area contributed by atoms with Crippen molar-refractivity contribution in [3.8, 4) is 11.4 Å². The Labute approximate surface area is 153 Å². The van der Waals surface area contributed by atoms with E-state index in [0.29, 0.717) is 23.3 Å². The molecule has 3 aromatic rings. The Kier molecular flexibility index (Phi) is 4.55. The zero-order valence-corrected chi connectivity index (χ0v) is 15.0. The Balaban J connectivity index is 0.00000210. The van der Waals surface area contributed by atoms with Gasteiger partial charge in [0.25, 0.3) is 0 Å². The Morgan fingerprint density at radius 1 is 1.35 bits per heavy atom. The maximum atomic E-state index is 14.5. The summed E-state index contributed by atoms with van der Waals surface area (Å²) >= 11 is 0. The molecular weight excluding hydrogens is 331 g/mol. The summed E-state index contributed by atoms with van der Waals surface area (Å²) in [6.07, 6.45) is 2.78. The summed E-state index contributed by atoms with van der Waals surface area (Å²) in [6.45, 7) is 7.10. The maximum Gasteiger partial charge on any atom is 0.181 e. The third-order valence-electron chi connectivity index (χ3n) is 4.73. The average Bonchev–Trinajstić information content (AvgIpc) is 3.06. The summed E-state index contributed by atoms with van der Waals surface area (Å²) in [5, 5.41) is 11.4.